The molecule has 0 fully saturated rings. The maximum atomic E-state index is 11.8. The molecule has 0 aliphatic carbocycles. The van der Waals surface area contributed by atoms with Gasteiger partial charge in [-0.1, -0.05) is 13.8 Å². The maximum absolute atomic E-state index is 11.8. The zero-order chi connectivity index (χ0) is 13.7. The lowest BCUT2D eigenvalue weighted by atomic mass is 10.2. The highest BCUT2D eigenvalue weighted by Gasteiger charge is 2.12. The van der Waals surface area contributed by atoms with Crippen LogP contribution in [-0.4, -0.2) is 18.5 Å². The molecule has 100 valence electrons. The SMILES string of the molecule is CC(C)CNC(=O)C(C)Nc1ccc(N)c(N)c1. The minimum Gasteiger partial charge on any atom is -0.397 e. The molecule has 0 aromatic heterocycles. The van der Waals surface area contributed by atoms with Gasteiger partial charge in [-0.25, -0.2) is 0 Å². The quantitative estimate of drug-likeness (QED) is 0.595. The molecule has 1 rings (SSSR count). The lowest BCUT2D eigenvalue weighted by molar-refractivity contribution is -0.121. The number of amides is 1. The summed E-state index contributed by atoms with van der Waals surface area (Å²) in [4.78, 5) is 11.8. The molecule has 0 saturated carbocycles. The highest BCUT2D eigenvalue weighted by molar-refractivity contribution is 5.84. The Morgan fingerprint density at radius 2 is 1.89 bits per heavy atom. The van der Waals surface area contributed by atoms with E-state index >= 15 is 0 Å². The molecule has 1 aromatic rings. The summed E-state index contributed by atoms with van der Waals surface area (Å²) in [7, 11) is 0. The number of hydrogen-bond donors (Lipinski definition) is 4. The first-order valence-corrected chi connectivity index (χ1v) is 6.09. The van der Waals surface area contributed by atoms with Gasteiger partial charge < -0.3 is 22.1 Å². The monoisotopic (exact) mass is 250 g/mol. The lowest BCUT2D eigenvalue weighted by Gasteiger charge is -2.16. The Morgan fingerprint density at radius 1 is 1.22 bits per heavy atom. The van der Waals surface area contributed by atoms with Crippen LogP contribution in [0, 0.1) is 5.92 Å². The first-order chi connectivity index (χ1) is 8.40. The van der Waals surface area contributed by atoms with E-state index < -0.39 is 0 Å². The number of hydrogen-bond acceptors (Lipinski definition) is 4. The minimum absolute atomic E-state index is 0.0286. The van der Waals surface area contributed by atoms with E-state index in [2.05, 4.69) is 24.5 Å². The van der Waals surface area contributed by atoms with Crippen molar-refractivity contribution < 1.29 is 4.79 Å². The Morgan fingerprint density at radius 3 is 2.44 bits per heavy atom. The number of carbonyl (C=O) groups is 1. The summed E-state index contributed by atoms with van der Waals surface area (Å²) in [5.41, 5.74) is 13.2. The van der Waals surface area contributed by atoms with Gasteiger partial charge in [-0.3, -0.25) is 4.79 Å². The highest BCUT2D eigenvalue weighted by Crippen LogP contribution is 2.20. The van der Waals surface area contributed by atoms with Crippen LogP contribution in [0.2, 0.25) is 0 Å². The third-order valence-electron chi connectivity index (χ3n) is 2.55. The van der Waals surface area contributed by atoms with Crippen molar-refractivity contribution in [2.45, 2.75) is 26.8 Å². The number of nitrogens with two attached hydrogens (primary N) is 2. The molecule has 0 aliphatic rings. The molecular weight excluding hydrogens is 228 g/mol. The van der Waals surface area contributed by atoms with Crippen molar-refractivity contribution in [3.63, 3.8) is 0 Å². The Kier molecular flexibility index (Phi) is 4.83. The molecule has 0 bridgehead atoms. The zero-order valence-corrected chi connectivity index (χ0v) is 11.2. The maximum Gasteiger partial charge on any atom is 0.242 e. The fourth-order valence-corrected chi connectivity index (χ4v) is 1.44. The van der Waals surface area contributed by atoms with Gasteiger partial charge in [-0.15, -0.1) is 0 Å². The highest BCUT2D eigenvalue weighted by atomic mass is 16.2. The molecule has 5 nitrogen and oxygen atoms in total. The fraction of sp³-hybridized carbons (Fsp3) is 0.462. The van der Waals surface area contributed by atoms with Crippen LogP contribution >= 0.6 is 0 Å². The van der Waals surface area contributed by atoms with Crippen LogP contribution in [0.5, 0.6) is 0 Å². The Balaban J connectivity index is 2.55. The standard InChI is InChI=1S/C13H22N4O/c1-8(2)7-16-13(18)9(3)17-10-4-5-11(14)12(15)6-10/h4-6,8-9,17H,7,14-15H2,1-3H3,(H,16,18). The number of benzene rings is 1. The number of rotatable bonds is 5. The van der Waals surface area contributed by atoms with Crippen molar-refractivity contribution >= 4 is 23.0 Å². The molecule has 1 unspecified atom stereocenters. The van der Waals surface area contributed by atoms with E-state index in [4.69, 9.17) is 11.5 Å². The van der Waals surface area contributed by atoms with E-state index in [9.17, 15) is 4.79 Å². The summed E-state index contributed by atoms with van der Waals surface area (Å²) in [5, 5.41) is 5.96. The largest absolute Gasteiger partial charge is 0.397 e. The van der Waals surface area contributed by atoms with E-state index in [-0.39, 0.29) is 11.9 Å². The molecule has 1 atom stereocenters. The molecule has 6 N–H and O–H groups in total. The van der Waals surface area contributed by atoms with Gasteiger partial charge in [0, 0.05) is 12.2 Å². The van der Waals surface area contributed by atoms with Gasteiger partial charge in [-0.2, -0.15) is 0 Å². The molecule has 0 radical (unpaired) electrons. The van der Waals surface area contributed by atoms with Gasteiger partial charge in [-0.05, 0) is 31.0 Å². The van der Waals surface area contributed by atoms with Crippen LogP contribution in [0.3, 0.4) is 0 Å². The Labute approximate surface area is 108 Å². The average Bonchev–Trinajstić information content (AvgIpc) is 2.30. The number of anilines is 3. The predicted octanol–water partition coefficient (Wildman–Crippen LogP) is 1.42. The third-order valence-corrected chi connectivity index (χ3v) is 2.55. The zero-order valence-electron chi connectivity index (χ0n) is 11.2. The van der Waals surface area contributed by atoms with Crippen molar-refractivity contribution in [1.82, 2.24) is 5.32 Å². The second kappa shape index (κ2) is 6.14. The smallest absolute Gasteiger partial charge is 0.242 e. The number of nitrogen functional groups attached to an aromatic ring is 2. The average molecular weight is 250 g/mol. The molecule has 1 amide bonds. The van der Waals surface area contributed by atoms with Crippen LogP contribution < -0.4 is 22.1 Å². The second-order valence-electron chi connectivity index (χ2n) is 4.85. The summed E-state index contributed by atoms with van der Waals surface area (Å²) in [6, 6.07) is 4.93. The lowest BCUT2D eigenvalue weighted by Crippen LogP contribution is -2.39. The van der Waals surface area contributed by atoms with Gasteiger partial charge in [0.2, 0.25) is 5.91 Å². The summed E-state index contributed by atoms with van der Waals surface area (Å²) in [5.74, 6) is 0.410. The number of carbonyl (C=O) groups excluding carboxylic acids is 1. The molecule has 0 spiro atoms. The van der Waals surface area contributed by atoms with Crippen molar-refractivity contribution in [2.75, 3.05) is 23.3 Å². The summed E-state index contributed by atoms with van der Waals surface area (Å²) < 4.78 is 0. The van der Waals surface area contributed by atoms with E-state index in [1.807, 2.05) is 6.92 Å². The van der Waals surface area contributed by atoms with Crippen LogP contribution in [0.15, 0.2) is 18.2 Å². The molecule has 0 saturated heterocycles. The van der Waals surface area contributed by atoms with E-state index in [1.54, 1.807) is 18.2 Å². The van der Waals surface area contributed by atoms with E-state index in [0.29, 0.717) is 23.8 Å². The predicted molar refractivity (Wildman–Crippen MR) is 76.2 cm³/mol. The third kappa shape index (κ3) is 4.16. The minimum atomic E-state index is -0.313. The van der Waals surface area contributed by atoms with Gasteiger partial charge in [0.05, 0.1) is 11.4 Å². The normalized spacial score (nSPS) is 12.2. The van der Waals surface area contributed by atoms with Crippen LogP contribution in [0.25, 0.3) is 0 Å². The Bertz CT molecular complexity index is 417. The fourth-order valence-electron chi connectivity index (χ4n) is 1.44. The summed E-state index contributed by atoms with van der Waals surface area (Å²) in [6.45, 7) is 6.59. The van der Waals surface area contributed by atoms with Crippen LogP contribution in [-0.2, 0) is 4.79 Å². The molecule has 5 heteroatoms. The van der Waals surface area contributed by atoms with Crippen LogP contribution in [0.4, 0.5) is 17.1 Å². The van der Waals surface area contributed by atoms with Crippen molar-refractivity contribution in [1.29, 1.82) is 0 Å². The first-order valence-electron chi connectivity index (χ1n) is 6.09. The van der Waals surface area contributed by atoms with Crippen molar-refractivity contribution in [2.24, 2.45) is 5.92 Å². The molecule has 0 heterocycles. The van der Waals surface area contributed by atoms with Gasteiger partial charge in [0.25, 0.3) is 0 Å². The summed E-state index contributed by atoms with van der Waals surface area (Å²) in [6.07, 6.45) is 0. The van der Waals surface area contributed by atoms with Gasteiger partial charge >= 0.3 is 0 Å². The Hall–Kier alpha value is -1.91. The van der Waals surface area contributed by atoms with Gasteiger partial charge in [0.15, 0.2) is 0 Å². The molecule has 0 aliphatic heterocycles. The topological polar surface area (TPSA) is 93.2 Å². The second-order valence-corrected chi connectivity index (χ2v) is 4.85. The first kappa shape index (κ1) is 14.2. The molecular formula is C13H22N4O. The molecule has 18 heavy (non-hydrogen) atoms. The van der Waals surface area contributed by atoms with E-state index in [1.165, 1.54) is 0 Å². The number of nitrogens with one attached hydrogen (secondary N) is 2. The molecule has 1 aromatic carbocycles. The summed E-state index contributed by atoms with van der Waals surface area (Å²) >= 11 is 0. The van der Waals surface area contributed by atoms with E-state index in [0.717, 1.165) is 5.69 Å². The van der Waals surface area contributed by atoms with Gasteiger partial charge in [0.1, 0.15) is 6.04 Å². The van der Waals surface area contributed by atoms with Crippen LogP contribution in [0.1, 0.15) is 20.8 Å². The van der Waals surface area contributed by atoms with Crippen molar-refractivity contribution in [3.05, 3.63) is 18.2 Å². The van der Waals surface area contributed by atoms with Crippen molar-refractivity contribution in [3.8, 4) is 0 Å².